The lowest BCUT2D eigenvalue weighted by atomic mass is 9.99. The summed E-state index contributed by atoms with van der Waals surface area (Å²) in [5.41, 5.74) is 2.78. The van der Waals surface area contributed by atoms with Gasteiger partial charge in [0.1, 0.15) is 0 Å². The van der Waals surface area contributed by atoms with Gasteiger partial charge in [0.2, 0.25) is 0 Å². The van der Waals surface area contributed by atoms with Crippen LogP contribution in [0.3, 0.4) is 0 Å². The molecular weight excluding hydrogens is 318 g/mol. The summed E-state index contributed by atoms with van der Waals surface area (Å²) in [7, 11) is 3.00. The number of aromatic nitrogens is 2. The van der Waals surface area contributed by atoms with Crippen LogP contribution in [0.5, 0.6) is 0 Å². The molecule has 6 nitrogen and oxygen atoms in total. The number of hydrogen-bond donors (Lipinski definition) is 0. The average molecular weight is 339 g/mol. The van der Waals surface area contributed by atoms with E-state index < -0.39 is 11.2 Å². The van der Waals surface area contributed by atoms with E-state index in [-0.39, 0.29) is 5.91 Å². The van der Waals surface area contributed by atoms with E-state index in [0.717, 1.165) is 23.1 Å². The molecule has 0 N–H and O–H groups in total. The summed E-state index contributed by atoms with van der Waals surface area (Å²) in [5, 5.41) is 0. The Morgan fingerprint density at radius 3 is 2.72 bits per heavy atom. The van der Waals surface area contributed by atoms with Gasteiger partial charge in [-0.15, -0.1) is 0 Å². The molecule has 0 unspecified atom stereocenters. The summed E-state index contributed by atoms with van der Waals surface area (Å²) in [6.07, 6.45) is 6.20. The minimum absolute atomic E-state index is 0.166. The highest BCUT2D eigenvalue weighted by Gasteiger charge is 2.20. The highest BCUT2D eigenvalue weighted by atomic mass is 16.2. The topological polar surface area (TPSA) is 64.3 Å². The molecule has 1 aliphatic heterocycles. The zero-order valence-electron chi connectivity index (χ0n) is 14.7. The van der Waals surface area contributed by atoms with E-state index in [1.165, 1.54) is 41.1 Å². The van der Waals surface area contributed by atoms with Crippen molar-refractivity contribution in [1.29, 1.82) is 0 Å². The maximum Gasteiger partial charge on any atom is 0.330 e. The number of hydrogen-bond acceptors (Lipinski definition) is 3. The number of carbonyl (C=O) groups excluding carboxylic acids is 1. The molecule has 0 saturated carbocycles. The molecule has 0 spiro atoms. The molecule has 1 aliphatic rings. The van der Waals surface area contributed by atoms with Crippen molar-refractivity contribution in [1.82, 2.24) is 9.13 Å². The smallest absolute Gasteiger partial charge is 0.309 e. The Labute approximate surface area is 145 Å². The molecule has 6 heteroatoms. The van der Waals surface area contributed by atoms with Gasteiger partial charge in [0.25, 0.3) is 11.5 Å². The minimum atomic E-state index is -0.415. The van der Waals surface area contributed by atoms with Crippen LogP contribution in [-0.4, -0.2) is 21.6 Å². The molecule has 0 saturated heterocycles. The first-order valence-electron chi connectivity index (χ1n) is 8.24. The lowest BCUT2D eigenvalue weighted by molar-refractivity contribution is -0.114. The number of benzene rings is 1. The van der Waals surface area contributed by atoms with Crippen LogP contribution in [0.2, 0.25) is 0 Å². The normalized spacial score (nSPS) is 14.0. The molecule has 1 aromatic heterocycles. The molecule has 0 radical (unpaired) electrons. The molecule has 0 aliphatic carbocycles. The lowest BCUT2D eigenvalue weighted by Gasteiger charge is -2.29. The standard InChI is InChI=1S/C19H21N3O3/c1-13-6-8-16-14(11-13)5-4-10-22(16)17(23)9-7-15-12-20(2)19(25)21(3)18(15)24/h6-9,11-12H,4-5,10H2,1-3H3. The second-order valence-corrected chi connectivity index (χ2v) is 6.40. The zero-order chi connectivity index (χ0) is 18.1. The quantitative estimate of drug-likeness (QED) is 0.777. The Morgan fingerprint density at radius 2 is 1.96 bits per heavy atom. The van der Waals surface area contributed by atoms with Gasteiger partial charge in [0, 0.05) is 38.6 Å². The molecule has 25 heavy (non-hydrogen) atoms. The van der Waals surface area contributed by atoms with E-state index >= 15 is 0 Å². The van der Waals surface area contributed by atoms with Crippen LogP contribution in [0, 0.1) is 6.92 Å². The predicted octanol–water partition coefficient (Wildman–Crippen LogP) is 1.39. The maximum atomic E-state index is 12.6. The van der Waals surface area contributed by atoms with Crippen molar-refractivity contribution in [2.45, 2.75) is 19.8 Å². The Morgan fingerprint density at radius 1 is 1.20 bits per heavy atom. The summed E-state index contributed by atoms with van der Waals surface area (Å²) < 4.78 is 2.35. The van der Waals surface area contributed by atoms with E-state index in [1.807, 2.05) is 19.1 Å². The van der Waals surface area contributed by atoms with Crippen LogP contribution in [0.4, 0.5) is 5.69 Å². The van der Waals surface area contributed by atoms with Crippen LogP contribution in [0.1, 0.15) is 23.1 Å². The number of rotatable bonds is 2. The molecule has 2 aromatic rings. The first-order valence-corrected chi connectivity index (χ1v) is 8.24. The largest absolute Gasteiger partial charge is 0.330 e. The van der Waals surface area contributed by atoms with Gasteiger partial charge in [-0.3, -0.25) is 14.2 Å². The molecule has 0 fully saturated rings. The minimum Gasteiger partial charge on any atom is -0.309 e. The molecular formula is C19H21N3O3. The number of carbonyl (C=O) groups is 1. The highest BCUT2D eigenvalue weighted by molar-refractivity contribution is 6.04. The van der Waals surface area contributed by atoms with Crippen LogP contribution < -0.4 is 16.1 Å². The first-order chi connectivity index (χ1) is 11.9. The fourth-order valence-electron chi connectivity index (χ4n) is 3.16. The molecule has 3 rings (SSSR count). The molecule has 2 heterocycles. The second kappa shape index (κ2) is 6.55. The summed E-state index contributed by atoms with van der Waals surface area (Å²) in [6, 6.07) is 6.08. The predicted molar refractivity (Wildman–Crippen MR) is 97.8 cm³/mol. The lowest BCUT2D eigenvalue weighted by Crippen LogP contribution is -2.37. The average Bonchev–Trinajstić information content (AvgIpc) is 2.60. The van der Waals surface area contributed by atoms with E-state index in [9.17, 15) is 14.4 Å². The van der Waals surface area contributed by atoms with Gasteiger partial charge >= 0.3 is 5.69 Å². The van der Waals surface area contributed by atoms with Crippen molar-refractivity contribution >= 4 is 17.7 Å². The molecule has 130 valence electrons. The van der Waals surface area contributed by atoms with Crippen LogP contribution >= 0.6 is 0 Å². The van der Waals surface area contributed by atoms with Crippen LogP contribution in [0.15, 0.2) is 40.1 Å². The van der Waals surface area contributed by atoms with Crippen molar-refractivity contribution < 1.29 is 4.79 Å². The fourth-order valence-corrected chi connectivity index (χ4v) is 3.16. The number of amides is 1. The van der Waals surface area contributed by atoms with Crippen LogP contribution in [0.25, 0.3) is 6.08 Å². The first kappa shape index (κ1) is 17.0. The monoisotopic (exact) mass is 339 g/mol. The highest BCUT2D eigenvalue weighted by Crippen LogP contribution is 2.28. The molecule has 0 bridgehead atoms. The van der Waals surface area contributed by atoms with E-state index in [2.05, 4.69) is 6.07 Å². The van der Waals surface area contributed by atoms with E-state index in [1.54, 1.807) is 11.9 Å². The number of anilines is 1. The van der Waals surface area contributed by atoms with E-state index in [4.69, 9.17) is 0 Å². The van der Waals surface area contributed by atoms with Crippen molar-refractivity contribution in [3.05, 3.63) is 68.0 Å². The second-order valence-electron chi connectivity index (χ2n) is 6.40. The van der Waals surface area contributed by atoms with Crippen molar-refractivity contribution in [3.63, 3.8) is 0 Å². The molecule has 1 amide bonds. The van der Waals surface area contributed by atoms with E-state index in [0.29, 0.717) is 12.1 Å². The van der Waals surface area contributed by atoms with Gasteiger partial charge in [0.05, 0.1) is 5.56 Å². The van der Waals surface area contributed by atoms with Crippen molar-refractivity contribution in [2.24, 2.45) is 14.1 Å². The Hall–Kier alpha value is -2.89. The summed E-state index contributed by atoms with van der Waals surface area (Å²) in [5.74, 6) is -0.166. The van der Waals surface area contributed by atoms with Gasteiger partial charge in [-0.25, -0.2) is 4.79 Å². The van der Waals surface area contributed by atoms with Gasteiger partial charge in [-0.05, 0) is 37.5 Å². The van der Waals surface area contributed by atoms with Crippen molar-refractivity contribution in [3.8, 4) is 0 Å². The zero-order valence-corrected chi connectivity index (χ0v) is 14.7. The Kier molecular flexibility index (Phi) is 4.44. The third kappa shape index (κ3) is 3.20. The van der Waals surface area contributed by atoms with Gasteiger partial charge in [-0.2, -0.15) is 0 Å². The third-order valence-electron chi connectivity index (χ3n) is 4.50. The Balaban J connectivity index is 1.91. The van der Waals surface area contributed by atoms with Gasteiger partial charge < -0.3 is 9.47 Å². The van der Waals surface area contributed by atoms with Crippen molar-refractivity contribution in [2.75, 3.05) is 11.4 Å². The molecule has 1 aromatic carbocycles. The number of nitrogens with zero attached hydrogens (tertiary/aromatic N) is 3. The summed E-state index contributed by atoms with van der Waals surface area (Å²) >= 11 is 0. The summed E-state index contributed by atoms with van der Waals surface area (Å²) in [6.45, 7) is 2.70. The number of aryl methyl sites for hydroxylation is 3. The SMILES string of the molecule is Cc1ccc2c(c1)CCCN2C(=O)C=Cc1cn(C)c(=O)n(C)c1=O. The summed E-state index contributed by atoms with van der Waals surface area (Å²) in [4.78, 5) is 38.2. The maximum absolute atomic E-state index is 12.6. The van der Waals surface area contributed by atoms with Gasteiger partial charge in [0.15, 0.2) is 0 Å². The third-order valence-corrected chi connectivity index (χ3v) is 4.50. The Bertz CT molecular complexity index is 982. The fraction of sp³-hybridized carbons (Fsp3) is 0.316. The van der Waals surface area contributed by atoms with Gasteiger partial charge in [-0.1, -0.05) is 17.7 Å². The molecule has 0 atom stereocenters. The number of fused-ring (bicyclic) bond motifs is 1. The van der Waals surface area contributed by atoms with Crippen LogP contribution in [-0.2, 0) is 25.3 Å².